The molecule has 3 aromatic heterocycles. The zero-order chi connectivity index (χ0) is 25.2. The number of fused-ring (bicyclic) bond motifs is 1. The number of hydrazone groups is 1. The summed E-state index contributed by atoms with van der Waals surface area (Å²) in [5, 5.41) is 26.1. The Bertz CT molecular complexity index is 1620. The van der Waals surface area contributed by atoms with Crippen LogP contribution < -0.4 is 10.7 Å². The summed E-state index contributed by atoms with van der Waals surface area (Å²) >= 11 is 0. The number of nitrogens with one attached hydrogen (secondary N) is 2. The lowest BCUT2D eigenvalue weighted by atomic mass is 10.1. The van der Waals surface area contributed by atoms with Gasteiger partial charge in [-0.3, -0.25) is 15.5 Å². The molecule has 0 fully saturated rings. The van der Waals surface area contributed by atoms with Crippen LogP contribution in [0, 0.1) is 30.9 Å². The van der Waals surface area contributed by atoms with Gasteiger partial charge in [-0.15, -0.1) is 0 Å². The summed E-state index contributed by atoms with van der Waals surface area (Å²) in [5.41, 5.74) is 7.73. The molecule has 0 aliphatic carbocycles. The van der Waals surface area contributed by atoms with E-state index in [0.717, 1.165) is 22.4 Å². The molecule has 12 nitrogen and oxygen atoms in total. The number of anilines is 3. The van der Waals surface area contributed by atoms with Crippen LogP contribution in [0.2, 0.25) is 0 Å². The van der Waals surface area contributed by atoms with Crippen LogP contribution in [0.4, 0.5) is 23.0 Å². The maximum Gasteiger partial charge on any atom is 0.272 e. The monoisotopic (exact) mass is 484 g/mol. The quantitative estimate of drug-likeness (QED) is 0.176. The van der Waals surface area contributed by atoms with Gasteiger partial charge in [-0.25, -0.2) is 9.61 Å². The first kappa shape index (κ1) is 22.7. The first-order chi connectivity index (χ1) is 17.4. The van der Waals surface area contributed by atoms with Crippen molar-refractivity contribution >= 4 is 40.5 Å². The summed E-state index contributed by atoms with van der Waals surface area (Å²) in [6.45, 7) is 5.71. The van der Waals surface area contributed by atoms with Gasteiger partial charge in [0, 0.05) is 22.9 Å². The lowest BCUT2D eigenvalue weighted by molar-refractivity contribution is -0.385. The van der Waals surface area contributed by atoms with Gasteiger partial charge >= 0.3 is 0 Å². The van der Waals surface area contributed by atoms with Crippen molar-refractivity contribution in [2.24, 2.45) is 5.10 Å². The molecule has 5 aromatic rings. The predicted octanol–water partition coefficient (Wildman–Crippen LogP) is 5.30. The van der Waals surface area contributed by atoms with Gasteiger partial charge in [-0.05, 0) is 72.5 Å². The van der Waals surface area contributed by atoms with E-state index in [2.05, 4.69) is 36.1 Å². The molecule has 0 amide bonds. The molecular formula is C24H20N8O4. The second-order valence-corrected chi connectivity index (χ2v) is 8.04. The second-order valence-electron chi connectivity index (χ2n) is 8.04. The summed E-state index contributed by atoms with van der Waals surface area (Å²) < 4.78 is 10.6. The number of rotatable bonds is 7. The molecule has 0 spiro atoms. The lowest BCUT2D eigenvalue weighted by Gasteiger charge is -2.12. The number of nitro benzene ring substituents is 1. The molecule has 36 heavy (non-hydrogen) atoms. The minimum absolute atomic E-state index is 0.0574. The third-order valence-electron chi connectivity index (χ3n) is 5.64. The van der Waals surface area contributed by atoms with E-state index in [9.17, 15) is 10.1 Å². The molecule has 0 saturated heterocycles. The highest BCUT2D eigenvalue weighted by Crippen LogP contribution is 2.28. The Labute approximate surface area is 204 Å². The Balaban J connectivity index is 1.38. The SMILES string of the molecule is Cc1cc(-c2ccc(C=NNc3nc4nonc4nc3Nc3cccc(C)c3C)o2)ccc1[N+](=O)[O-]. The average Bonchev–Trinajstić information content (AvgIpc) is 3.51. The summed E-state index contributed by atoms with van der Waals surface area (Å²) in [4.78, 5) is 19.5. The Morgan fingerprint density at radius 3 is 2.50 bits per heavy atom. The van der Waals surface area contributed by atoms with Crippen molar-refractivity contribution in [3.05, 3.63) is 81.1 Å². The van der Waals surface area contributed by atoms with Crippen molar-refractivity contribution in [3.63, 3.8) is 0 Å². The molecule has 0 saturated carbocycles. The summed E-state index contributed by atoms with van der Waals surface area (Å²) in [7, 11) is 0. The van der Waals surface area contributed by atoms with Crippen LogP contribution in [0.1, 0.15) is 22.5 Å². The van der Waals surface area contributed by atoms with E-state index >= 15 is 0 Å². The van der Waals surface area contributed by atoms with Crippen LogP contribution >= 0.6 is 0 Å². The third-order valence-corrected chi connectivity index (χ3v) is 5.64. The number of hydrogen-bond donors (Lipinski definition) is 2. The Morgan fingerprint density at radius 1 is 0.972 bits per heavy atom. The fourth-order valence-electron chi connectivity index (χ4n) is 3.57. The van der Waals surface area contributed by atoms with E-state index in [1.807, 2.05) is 32.0 Å². The van der Waals surface area contributed by atoms with E-state index < -0.39 is 4.92 Å². The number of furan rings is 1. The first-order valence-corrected chi connectivity index (χ1v) is 10.9. The van der Waals surface area contributed by atoms with Gasteiger partial charge in [0.25, 0.3) is 5.69 Å². The molecule has 2 aromatic carbocycles. The highest BCUT2D eigenvalue weighted by molar-refractivity contribution is 5.80. The molecule has 0 bridgehead atoms. The molecule has 180 valence electrons. The number of aromatic nitrogens is 4. The molecular weight excluding hydrogens is 464 g/mol. The molecule has 0 radical (unpaired) electrons. The fourth-order valence-corrected chi connectivity index (χ4v) is 3.57. The van der Waals surface area contributed by atoms with Crippen molar-refractivity contribution < 1.29 is 14.0 Å². The summed E-state index contributed by atoms with van der Waals surface area (Å²) in [5.74, 6) is 1.73. The zero-order valence-electron chi connectivity index (χ0n) is 19.5. The topological polar surface area (TPSA) is 157 Å². The van der Waals surface area contributed by atoms with Gasteiger partial charge in [-0.2, -0.15) is 10.1 Å². The molecule has 12 heteroatoms. The minimum atomic E-state index is -0.413. The van der Waals surface area contributed by atoms with Crippen LogP contribution in [0.15, 0.2) is 62.7 Å². The third kappa shape index (κ3) is 4.46. The van der Waals surface area contributed by atoms with Crippen LogP contribution in [0.25, 0.3) is 22.6 Å². The predicted molar refractivity (Wildman–Crippen MR) is 133 cm³/mol. The Morgan fingerprint density at radius 2 is 1.75 bits per heavy atom. The Kier molecular flexibility index (Phi) is 5.82. The standard InChI is InChI=1S/C24H20N8O4/c1-13-5-4-6-18(15(13)3)26-21-22(28-24-23(27-21)30-36-31-24)29-25-12-17-8-10-20(35-17)16-7-9-19(32(33)34)14(2)11-16/h4-12H,1-3H3,(H,26,27,30)(H,28,29,31). The van der Waals surface area contributed by atoms with E-state index in [1.54, 1.807) is 31.2 Å². The molecule has 0 aliphatic rings. The van der Waals surface area contributed by atoms with Gasteiger partial charge in [0.15, 0.2) is 11.6 Å². The van der Waals surface area contributed by atoms with Crippen molar-refractivity contribution in [1.29, 1.82) is 0 Å². The van der Waals surface area contributed by atoms with Crippen LogP contribution in [0.5, 0.6) is 0 Å². The maximum atomic E-state index is 11.1. The average molecular weight is 484 g/mol. The smallest absolute Gasteiger partial charge is 0.272 e. The van der Waals surface area contributed by atoms with E-state index in [-0.39, 0.29) is 17.0 Å². The van der Waals surface area contributed by atoms with Crippen molar-refractivity contribution in [2.45, 2.75) is 20.8 Å². The van der Waals surface area contributed by atoms with Crippen molar-refractivity contribution in [1.82, 2.24) is 20.3 Å². The largest absolute Gasteiger partial charge is 0.455 e. The van der Waals surface area contributed by atoms with E-state index in [0.29, 0.717) is 28.7 Å². The molecule has 0 atom stereocenters. The van der Waals surface area contributed by atoms with Gasteiger partial charge in [0.1, 0.15) is 11.5 Å². The fraction of sp³-hybridized carbons (Fsp3) is 0.125. The van der Waals surface area contributed by atoms with Gasteiger partial charge in [0.05, 0.1) is 11.1 Å². The normalized spacial score (nSPS) is 11.3. The number of hydrogen-bond acceptors (Lipinski definition) is 11. The number of nitrogens with zero attached hydrogens (tertiary/aromatic N) is 6. The zero-order valence-corrected chi connectivity index (χ0v) is 19.5. The highest BCUT2D eigenvalue weighted by atomic mass is 16.6. The number of aryl methyl sites for hydroxylation is 2. The molecule has 0 aliphatic heterocycles. The molecule has 2 N–H and O–H groups in total. The number of nitro groups is 1. The van der Waals surface area contributed by atoms with Crippen LogP contribution in [-0.4, -0.2) is 31.4 Å². The summed E-state index contributed by atoms with van der Waals surface area (Å²) in [6, 6.07) is 14.2. The highest BCUT2D eigenvalue weighted by Gasteiger charge is 2.15. The van der Waals surface area contributed by atoms with Crippen LogP contribution in [0.3, 0.4) is 0 Å². The molecule has 5 rings (SSSR count). The van der Waals surface area contributed by atoms with Crippen molar-refractivity contribution in [3.8, 4) is 11.3 Å². The van der Waals surface area contributed by atoms with Crippen LogP contribution in [-0.2, 0) is 0 Å². The lowest BCUT2D eigenvalue weighted by Crippen LogP contribution is -2.04. The molecule has 0 unspecified atom stereocenters. The first-order valence-electron chi connectivity index (χ1n) is 10.9. The number of benzene rings is 2. The minimum Gasteiger partial charge on any atom is -0.455 e. The summed E-state index contributed by atoms with van der Waals surface area (Å²) in [6.07, 6.45) is 1.48. The van der Waals surface area contributed by atoms with Gasteiger partial charge in [0.2, 0.25) is 11.3 Å². The van der Waals surface area contributed by atoms with Gasteiger partial charge < -0.3 is 9.73 Å². The van der Waals surface area contributed by atoms with Crippen molar-refractivity contribution in [2.75, 3.05) is 10.7 Å². The van der Waals surface area contributed by atoms with E-state index in [4.69, 9.17) is 9.05 Å². The Hall–Kier alpha value is -5.13. The second kappa shape index (κ2) is 9.25. The maximum absolute atomic E-state index is 11.1. The molecule has 3 heterocycles. The van der Waals surface area contributed by atoms with Gasteiger partial charge in [-0.1, -0.05) is 12.1 Å². The van der Waals surface area contributed by atoms with E-state index in [1.165, 1.54) is 12.3 Å².